The van der Waals surface area contributed by atoms with E-state index in [0.717, 1.165) is 6.42 Å². The number of aromatic carboxylic acids is 1. The Morgan fingerprint density at radius 1 is 1.35 bits per heavy atom. The van der Waals surface area contributed by atoms with Gasteiger partial charge in [-0.2, -0.15) is 4.98 Å². The first-order chi connectivity index (χ1) is 9.58. The number of nitrogens with one attached hydrogen (secondary N) is 1. The van der Waals surface area contributed by atoms with Crippen molar-refractivity contribution in [3.8, 4) is 0 Å². The lowest BCUT2D eigenvalue weighted by Gasteiger charge is -2.06. The van der Waals surface area contributed by atoms with Crippen molar-refractivity contribution in [2.24, 2.45) is 0 Å². The molecule has 0 amide bonds. The molecule has 0 radical (unpaired) electrons. The van der Waals surface area contributed by atoms with Crippen LogP contribution in [0.2, 0.25) is 0 Å². The molecule has 0 saturated carbocycles. The van der Waals surface area contributed by atoms with E-state index in [0.29, 0.717) is 11.4 Å². The first-order valence-electron chi connectivity index (χ1n) is 6.09. The summed E-state index contributed by atoms with van der Waals surface area (Å²) in [5.74, 6) is -0.409. The molecule has 20 heavy (non-hydrogen) atoms. The van der Waals surface area contributed by atoms with Gasteiger partial charge in [0.2, 0.25) is 0 Å². The number of carbonyl (C=O) groups is 1. The fraction of sp³-hybridized carbons (Fsp3) is 0.214. The second-order valence-electron chi connectivity index (χ2n) is 4.24. The Kier molecular flexibility index (Phi) is 4.57. The molecule has 1 aromatic carbocycles. The monoisotopic (exact) mass is 290 g/mol. The lowest BCUT2D eigenvalue weighted by Crippen LogP contribution is -2.18. The number of hydrogen-bond donors (Lipinski definition) is 2. The van der Waals surface area contributed by atoms with Gasteiger partial charge in [0.25, 0.3) is 0 Å². The fourth-order valence-electron chi connectivity index (χ4n) is 1.83. The minimum atomic E-state index is -1.08. The summed E-state index contributed by atoms with van der Waals surface area (Å²) in [6.45, 7) is 1.56. The molecule has 0 unspecified atom stereocenters. The predicted molar refractivity (Wildman–Crippen MR) is 77.4 cm³/mol. The van der Waals surface area contributed by atoms with Crippen molar-refractivity contribution in [3.05, 3.63) is 57.6 Å². The summed E-state index contributed by atoms with van der Waals surface area (Å²) in [4.78, 5) is 28.7. The molecule has 0 aliphatic carbocycles. The van der Waals surface area contributed by atoms with Crippen molar-refractivity contribution >= 4 is 17.7 Å². The third-order valence-electron chi connectivity index (χ3n) is 2.77. The van der Waals surface area contributed by atoms with Crippen LogP contribution in [0, 0.1) is 6.92 Å². The predicted octanol–water partition coefficient (Wildman–Crippen LogP) is 2.11. The number of thioether (sulfide) groups is 1. The molecule has 0 spiro atoms. The maximum Gasteiger partial charge on any atom is 0.346 e. The lowest BCUT2D eigenvalue weighted by atomic mass is 10.2. The number of aryl methyl sites for hydroxylation is 2. The Morgan fingerprint density at radius 2 is 2.05 bits per heavy atom. The Morgan fingerprint density at radius 3 is 2.70 bits per heavy atom. The molecule has 0 aliphatic heterocycles. The van der Waals surface area contributed by atoms with Gasteiger partial charge in [0.1, 0.15) is 10.6 Å². The second kappa shape index (κ2) is 6.38. The van der Waals surface area contributed by atoms with Crippen LogP contribution < -0.4 is 5.69 Å². The molecule has 2 rings (SSSR count). The van der Waals surface area contributed by atoms with E-state index < -0.39 is 11.7 Å². The lowest BCUT2D eigenvalue weighted by molar-refractivity contribution is 0.0690. The zero-order chi connectivity index (χ0) is 14.5. The molecule has 5 nitrogen and oxygen atoms in total. The van der Waals surface area contributed by atoms with E-state index in [1.165, 1.54) is 17.3 Å². The van der Waals surface area contributed by atoms with E-state index in [2.05, 4.69) is 9.97 Å². The van der Waals surface area contributed by atoms with Gasteiger partial charge in [0.15, 0.2) is 0 Å². The molecule has 0 bridgehead atoms. The molecule has 1 heterocycles. The van der Waals surface area contributed by atoms with Crippen LogP contribution in [-0.4, -0.2) is 26.8 Å². The summed E-state index contributed by atoms with van der Waals surface area (Å²) in [6, 6.07) is 9.88. The summed E-state index contributed by atoms with van der Waals surface area (Å²) >= 11 is 1.29. The average molecular weight is 290 g/mol. The quantitative estimate of drug-likeness (QED) is 0.651. The smallest absolute Gasteiger partial charge is 0.346 e. The minimum Gasteiger partial charge on any atom is -0.478 e. The Hall–Kier alpha value is -2.08. The van der Waals surface area contributed by atoms with Crippen molar-refractivity contribution < 1.29 is 9.90 Å². The van der Waals surface area contributed by atoms with Crippen molar-refractivity contribution in [1.82, 2.24) is 9.97 Å². The van der Waals surface area contributed by atoms with Gasteiger partial charge >= 0.3 is 11.7 Å². The molecule has 6 heteroatoms. The number of aromatic nitrogens is 2. The summed E-state index contributed by atoms with van der Waals surface area (Å²) in [5, 5.41) is 9.45. The Labute approximate surface area is 120 Å². The molecule has 104 valence electrons. The standard InChI is InChI=1S/C14H14N2O3S/c1-9-11(13(17)18)12(16-14(19)15-9)20-8-7-10-5-3-2-4-6-10/h2-6H,7-8H2,1H3,(H,17,18)(H,15,16,19). The highest BCUT2D eigenvalue weighted by Gasteiger charge is 2.16. The topological polar surface area (TPSA) is 83.0 Å². The average Bonchev–Trinajstić information content (AvgIpc) is 2.38. The van der Waals surface area contributed by atoms with E-state index in [4.69, 9.17) is 0 Å². The third-order valence-corrected chi connectivity index (χ3v) is 3.75. The van der Waals surface area contributed by atoms with Gasteiger partial charge in [-0.3, -0.25) is 0 Å². The van der Waals surface area contributed by atoms with Crippen LogP contribution in [0.25, 0.3) is 0 Å². The molecule has 0 saturated heterocycles. The Bertz CT molecular complexity index is 668. The van der Waals surface area contributed by atoms with Gasteiger partial charge in [-0.15, -0.1) is 11.8 Å². The first-order valence-corrected chi connectivity index (χ1v) is 7.07. The van der Waals surface area contributed by atoms with Gasteiger partial charge < -0.3 is 10.1 Å². The number of aromatic amines is 1. The van der Waals surface area contributed by atoms with Crippen LogP contribution in [0.1, 0.15) is 21.6 Å². The number of carboxylic acids is 1. The van der Waals surface area contributed by atoms with Gasteiger partial charge in [0.05, 0.1) is 0 Å². The molecule has 2 aromatic rings. The summed E-state index contributed by atoms with van der Waals surface area (Å²) in [6.07, 6.45) is 0.790. The van der Waals surface area contributed by atoms with E-state index >= 15 is 0 Å². The highest BCUT2D eigenvalue weighted by atomic mass is 32.2. The first kappa shape index (κ1) is 14.3. The number of H-pyrrole nitrogens is 1. The minimum absolute atomic E-state index is 0.0719. The molecule has 0 aliphatic rings. The molecule has 2 N–H and O–H groups in total. The zero-order valence-corrected chi connectivity index (χ0v) is 11.7. The maximum absolute atomic E-state index is 11.3. The van der Waals surface area contributed by atoms with Crippen LogP contribution in [0.4, 0.5) is 0 Å². The number of hydrogen-bond acceptors (Lipinski definition) is 4. The third kappa shape index (κ3) is 3.48. The van der Waals surface area contributed by atoms with Gasteiger partial charge in [-0.05, 0) is 18.9 Å². The van der Waals surface area contributed by atoms with Crippen LogP contribution in [0.3, 0.4) is 0 Å². The van der Waals surface area contributed by atoms with Crippen LogP contribution in [-0.2, 0) is 6.42 Å². The Balaban J connectivity index is 2.13. The van der Waals surface area contributed by atoms with Crippen LogP contribution >= 0.6 is 11.8 Å². The maximum atomic E-state index is 11.3. The summed E-state index contributed by atoms with van der Waals surface area (Å²) in [7, 11) is 0. The highest BCUT2D eigenvalue weighted by Crippen LogP contribution is 2.21. The highest BCUT2D eigenvalue weighted by molar-refractivity contribution is 7.99. The van der Waals surface area contributed by atoms with E-state index in [1.807, 2.05) is 30.3 Å². The van der Waals surface area contributed by atoms with E-state index in [9.17, 15) is 14.7 Å². The molecule has 1 aromatic heterocycles. The van der Waals surface area contributed by atoms with Crippen molar-refractivity contribution in [3.63, 3.8) is 0 Å². The van der Waals surface area contributed by atoms with Crippen LogP contribution in [0.15, 0.2) is 40.2 Å². The van der Waals surface area contributed by atoms with Crippen molar-refractivity contribution in [1.29, 1.82) is 0 Å². The van der Waals surface area contributed by atoms with Crippen molar-refractivity contribution in [2.75, 3.05) is 5.75 Å². The number of nitrogens with zero attached hydrogens (tertiary/aromatic N) is 1. The van der Waals surface area contributed by atoms with Crippen LogP contribution in [0.5, 0.6) is 0 Å². The van der Waals surface area contributed by atoms with Gasteiger partial charge in [-0.1, -0.05) is 30.3 Å². The fourth-order valence-corrected chi connectivity index (χ4v) is 2.89. The molecule has 0 atom stereocenters. The molecule has 0 fully saturated rings. The molecular formula is C14H14N2O3S. The summed E-state index contributed by atoms with van der Waals surface area (Å²) in [5.41, 5.74) is 1.05. The number of carboxylic acid groups (broad SMARTS) is 1. The molecular weight excluding hydrogens is 276 g/mol. The SMILES string of the molecule is Cc1[nH]c(=O)nc(SCCc2ccccc2)c1C(=O)O. The number of rotatable bonds is 5. The van der Waals surface area contributed by atoms with Crippen molar-refractivity contribution in [2.45, 2.75) is 18.4 Å². The second-order valence-corrected chi connectivity index (χ2v) is 5.32. The summed E-state index contributed by atoms with van der Waals surface area (Å²) < 4.78 is 0. The largest absolute Gasteiger partial charge is 0.478 e. The van der Waals surface area contributed by atoms with Gasteiger partial charge in [0, 0.05) is 11.4 Å². The van der Waals surface area contributed by atoms with E-state index in [1.54, 1.807) is 6.92 Å². The van der Waals surface area contributed by atoms with Gasteiger partial charge in [-0.25, -0.2) is 9.59 Å². The number of benzene rings is 1. The zero-order valence-electron chi connectivity index (χ0n) is 10.9. The normalized spacial score (nSPS) is 10.4. The van der Waals surface area contributed by atoms with E-state index in [-0.39, 0.29) is 10.6 Å².